The molecular weight excluding hydrogens is 296 g/mol. The number of hydrogen-bond acceptors (Lipinski definition) is 2. The van der Waals surface area contributed by atoms with Crippen molar-refractivity contribution in [2.24, 2.45) is 0 Å². The molecule has 0 aromatic rings. The van der Waals surface area contributed by atoms with Gasteiger partial charge in [-0.3, -0.25) is 4.79 Å². The summed E-state index contributed by atoms with van der Waals surface area (Å²) in [5.41, 5.74) is 0. The highest BCUT2D eigenvalue weighted by Gasteiger charge is 2.16. The minimum Gasteiger partial charge on any atom is -0.375 e. The zero-order valence-corrected chi connectivity index (χ0v) is 11.9. The second-order valence-corrected chi connectivity index (χ2v) is 4.73. The molecule has 6 heteroatoms. The van der Waals surface area contributed by atoms with E-state index >= 15 is 0 Å². The molecule has 0 unspecified atom stereocenters. The number of carbonyl (C=O) groups excluding carboxylic acids is 1. The molecule has 0 saturated carbocycles. The van der Waals surface area contributed by atoms with Crippen molar-refractivity contribution < 1.29 is 18.3 Å². The first-order chi connectivity index (χ1) is 7.99. The van der Waals surface area contributed by atoms with Crippen molar-refractivity contribution in [1.82, 2.24) is 4.90 Å². The van der Waals surface area contributed by atoms with Gasteiger partial charge in [0.05, 0.1) is 13.0 Å². The topological polar surface area (TPSA) is 29.5 Å². The van der Waals surface area contributed by atoms with Gasteiger partial charge in [-0.25, -0.2) is 8.78 Å². The summed E-state index contributed by atoms with van der Waals surface area (Å²) in [4.78, 5) is 13.5. The van der Waals surface area contributed by atoms with Crippen LogP contribution >= 0.6 is 15.9 Å². The molecule has 0 aliphatic heterocycles. The van der Waals surface area contributed by atoms with E-state index < -0.39 is 13.0 Å². The number of halogens is 3. The van der Waals surface area contributed by atoms with Crippen LogP contribution in [0.4, 0.5) is 8.78 Å². The number of ether oxygens (including phenoxy) is 1. The summed E-state index contributed by atoms with van der Waals surface area (Å²) in [5, 5.41) is 0.839. The van der Waals surface area contributed by atoms with Gasteiger partial charge >= 0.3 is 0 Å². The molecule has 0 spiro atoms. The van der Waals surface area contributed by atoms with Crippen LogP contribution in [0.1, 0.15) is 26.7 Å². The van der Waals surface area contributed by atoms with Gasteiger partial charge in [-0.2, -0.15) is 0 Å². The van der Waals surface area contributed by atoms with Crippen LogP contribution in [0.2, 0.25) is 0 Å². The molecule has 0 bridgehead atoms. The molecule has 0 aliphatic carbocycles. The van der Waals surface area contributed by atoms with Crippen molar-refractivity contribution in [3.8, 4) is 0 Å². The number of alkyl halides is 3. The monoisotopic (exact) mass is 315 g/mol. The largest absolute Gasteiger partial charge is 0.375 e. The minimum absolute atomic E-state index is 0.0461. The van der Waals surface area contributed by atoms with E-state index in [-0.39, 0.29) is 25.0 Å². The van der Waals surface area contributed by atoms with Gasteiger partial charge in [0.25, 0.3) is 6.43 Å². The Kier molecular flexibility index (Phi) is 9.63. The molecule has 0 N–H and O–H groups in total. The molecule has 1 amide bonds. The summed E-state index contributed by atoms with van der Waals surface area (Å²) < 4.78 is 28.3. The Balaban J connectivity index is 3.89. The Morgan fingerprint density at radius 2 is 2.06 bits per heavy atom. The van der Waals surface area contributed by atoms with Gasteiger partial charge in [0.1, 0.15) is 6.61 Å². The van der Waals surface area contributed by atoms with Crippen LogP contribution in [-0.4, -0.2) is 48.4 Å². The number of hydrogen-bond donors (Lipinski definition) is 0. The fourth-order valence-corrected chi connectivity index (χ4v) is 1.63. The van der Waals surface area contributed by atoms with Crippen molar-refractivity contribution in [1.29, 1.82) is 0 Å². The lowest BCUT2D eigenvalue weighted by Crippen LogP contribution is -2.38. The Bertz CT molecular complexity index is 216. The summed E-state index contributed by atoms with van der Waals surface area (Å²) >= 11 is 3.31. The zero-order valence-electron chi connectivity index (χ0n) is 10.3. The van der Waals surface area contributed by atoms with Gasteiger partial charge in [0.2, 0.25) is 5.91 Å². The SMILES string of the molecule is CC(C)N(CCCBr)C(=O)CCOCC(F)F. The average Bonchev–Trinajstić information content (AvgIpc) is 2.24. The molecule has 102 valence electrons. The fourth-order valence-electron chi connectivity index (χ4n) is 1.38. The first-order valence-electron chi connectivity index (χ1n) is 5.70. The first-order valence-corrected chi connectivity index (χ1v) is 6.82. The molecule has 0 rings (SSSR count). The van der Waals surface area contributed by atoms with Crippen molar-refractivity contribution in [3.63, 3.8) is 0 Å². The number of carbonyl (C=O) groups is 1. The molecule has 0 aromatic heterocycles. The van der Waals surface area contributed by atoms with Crippen molar-refractivity contribution >= 4 is 21.8 Å². The maximum Gasteiger partial charge on any atom is 0.261 e. The van der Waals surface area contributed by atoms with Crippen molar-refractivity contribution in [2.45, 2.75) is 39.2 Å². The lowest BCUT2D eigenvalue weighted by molar-refractivity contribution is -0.134. The van der Waals surface area contributed by atoms with Crippen LogP contribution in [0.15, 0.2) is 0 Å². The van der Waals surface area contributed by atoms with E-state index in [1.165, 1.54) is 0 Å². The molecule has 0 aromatic carbocycles. The van der Waals surface area contributed by atoms with Crippen molar-refractivity contribution in [3.05, 3.63) is 0 Å². The van der Waals surface area contributed by atoms with E-state index in [1.807, 2.05) is 13.8 Å². The van der Waals surface area contributed by atoms with Gasteiger partial charge in [-0.1, -0.05) is 15.9 Å². The summed E-state index contributed by atoms with van der Waals surface area (Å²) in [6.07, 6.45) is -1.44. The third-order valence-electron chi connectivity index (χ3n) is 2.18. The van der Waals surface area contributed by atoms with Crippen LogP contribution < -0.4 is 0 Å². The highest BCUT2D eigenvalue weighted by atomic mass is 79.9. The standard InChI is InChI=1S/C11H20BrF2NO2/c1-9(2)15(6-3-5-12)11(16)4-7-17-8-10(13)14/h9-10H,3-8H2,1-2H3. The normalized spacial score (nSPS) is 11.2. The molecule has 0 fully saturated rings. The van der Waals surface area contributed by atoms with Gasteiger partial charge < -0.3 is 9.64 Å². The first kappa shape index (κ1) is 16.8. The third kappa shape index (κ3) is 8.49. The molecule has 0 radical (unpaired) electrons. The van der Waals surface area contributed by atoms with Crippen molar-refractivity contribution in [2.75, 3.05) is 25.1 Å². The maximum atomic E-state index is 11.8. The number of nitrogens with zero attached hydrogens (tertiary/aromatic N) is 1. The van der Waals surface area contributed by atoms with Gasteiger partial charge in [0, 0.05) is 17.9 Å². The van der Waals surface area contributed by atoms with E-state index in [1.54, 1.807) is 4.90 Å². The summed E-state index contributed by atoms with van der Waals surface area (Å²) in [5.74, 6) is -0.0461. The summed E-state index contributed by atoms with van der Waals surface area (Å²) in [6.45, 7) is 4.01. The van der Waals surface area contributed by atoms with E-state index in [0.717, 1.165) is 11.8 Å². The van der Waals surface area contributed by atoms with Crippen LogP contribution in [0, 0.1) is 0 Å². The average molecular weight is 316 g/mol. The van der Waals surface area contributed by atoms with Gasteiger partial charge in [-0.05, 0) is 20.3 Å². The van der Waals surface area contributed by atoms with E-state index in [4.69, 9.17) is 4.74 Å². The molecule has 0 saturated heterocycles. The molecular formula is C11H20BrF2NO2. The molecule has 0 atom stereocenters. The number of amides is 1. The second-order valence-electron chi connectivity index (χ2n) is 3.94. The minimum atomic E-state index is -2.47. The third-order valence-corrected chi connectivity index (χ3v) is 2.74. The lowest BCUT2D eigenvalue weighted by atomic mass is 10.2. The van der Waals surface area contributed by atoms with Crippen LogP contribution in [0.3, 0.4) is 0 Å². The summed E-state index contributed by atoms with van der Waals surface area (Å²) in [6, 6.07) is 0.122. The highest BCUT2D eigenvalue weighted by Crippen LogP contribution is 2.05. The Morgan fingerprint density at radius 1 is 1.41 bits per heavy atom. The zero-order chi connectivity index (χ0) is 13.3. The van der Waals surface area contributed by atoms with Gasteiger partial charge in [0.15, 0.2) is 0 Å². The summed E-state index contributed by atoms with van der Waals surface area (Å²) in [7, 11) is 0. The quantitative estimate of drug-likeness (QED) is 0.483. The highest BCUT2D eigenvalue weighted by molar-refractivity contribution is 9.09. The second kappa shape index (κ2) is 9.76. The molecule has 3 nitrogen and oxygen atoms in total. The Morgan fingerprint density at radius 3 is 2.53 bits per heavy atom. The predicted molar refractivity (Wildman–Crippen MR) is 66.7 cm³/mol. The smallest absolute Gasteiger partial charge is 0.261 e. The van der Waals surface area contributed by atoms with E-state index in [9.17, 15) is 13.6 Å². The maximum absolute atomic E-state index is 11.8. The lowest BCUT2D eigenvalue weighted by Gasteiger charge is -2.26. The molecule has 0 aliphatic rings. The number of rotatable bonds is 9. The van der Waals surface area contributed by atoms with Crippen LogP contribution in [0.5, 0.6) is 0 Å². The van der Waals surface area contributed by atoms with Crippen LogP contribution in [0.25, 0.3) is 0 Å². The van der Waals surface area contributed by atoms with Crippen LogP contribution in [-0.2, 0) is 9.53 Å². The fraction of sp³-hybridized carbons (Fsp3) is 0.909. The van der Waals surface area contributed by atoms with Gasteiger partial charge in [-0.15, -0.1) is 0 Å². The Labute approximate surface area is 110 Å². The van der Waals surface area contributed by atoms with E-state index in [0.29, 0.717) is 6.54 Å². The molecule has 17 heavy (non-hydrogen) atoms. The Hall–Kier alpha value is -0.230. The predicted octanol–water partition coefficient (Wildman–Crippen LogP) is 2.68. The van der Waals surface area contributed by atoms with E-state index in [2.05, 4.69) is 15.9 Å². The molecule has 0 heterocycles.